The first kappa shape index (κ1) is 21.1. The second kappa shape index (κ2) is 10.2. The molecule has 1 atom stereocenters. The standard InChI is InChI=1S/C18H21Cl2N5.HI/c1-21-18(23-11-13-5-2-3-6-15(13)19)24-14-8-10-25(12-14)17-16(20)7-4-9-22-17;/h2-7,9,14H,8,10-12H2,1H3,(H2,21,23,24);1H. The summed E-state index contributed by atoms with van der Waals surface area (Å²) in [5.74, 6) is 1.60. The highest BCUT2D eigenvalue weighted by molar-refractivity contribution is 14.0. The normalized spacial score (nSPS) is 17.0. The molecule has 26 heavy (non-hydrogen) atoms. The third-order valence-electron chi connectivity index (χ3n) is 4.20. The van der Waals surface area contributed by atoms with Gasteiger partial charge in [-0.2, -0.15) is 0 Å². The van der Waals surface area contributed by atoms with E-state index in [0.29, 0.717) is 11.6 Å². The molecule has 1 aromatic heterocycles. The average Bonchev–Trinajstić information content (AvgIpc) is 3.08. The highest BCUT2D eigenvalue weighted by Crippen LogP contribution is 2.25. The van der Waals surface area contributed by atoms with Gasteiger partial charge in [-0.25, -0.2) is 4.98 Å². The van der Waals surface area contributed by atoms with Crippen LogP contribution in [0.2, 0.25) is 10.0 Å². The Hall–Kier alpha value is -1.25. The van der Waals surface area contributed by atoms with Gasteiger partial charge in [0.05, 0.1) is 5.02 Å². The van der Waals surface area contributed by atoms with Gasteiger partial charge >= 0.3 is 0 Å². The van der Waals surface area contributed by atoms with Crippen LogP contribution in [-0.4, -0.2) is 37.1 Å². The van der Waals surface area contributed by atoms with E-state index in [4.69, 9.17) is 23.2 Å². The molecule has 2 N–H and O–H groups in total. The van der Waals surface area contributed by atoms with Crippen molar-refractivity contribution in [2.75, 3.05) is 25.0 Å². The van der Waals surface area contributed by atoms with Gasteiger partial charge in [-0.15, -0.1) is 24.0 Å². The SMILES string of the molecule is CN=C(NCc1ccccc1Cl)NC1CCN(c2ncccc2Cl)C1.I. The maximum Gasteiger partial charge on any atom is 0.191 e. The molecule has 0 bridgehead atoms. The van der Waals surface area contributed by atoms with Gasteiger partial charge in [0.1, 0.15) is 5.82 Å². The maximum absolute atomic E-state index is 6.24. The molecule has 2 aromatic rings. The van der Waals surface area contributed by atoms with Crippen LogP contribution in [0.4, 0.5) is 5.82 Å². The van der Waals surface area contributed by atoms with Crippen molar-refractivity contribution < 1.29 is 0 Å². The highest BCUT2D eigenvalue weighted by atomic mass is 127. The Labute approximate surface area is 181 Å². The van der Waals surface area contributed by atoms with Gasteiger partial charge < -0.3 is 15.5 Å². The molecule has 0 spiro atoms. The van der Waals surface area contributed by atoms with Crippen molar-refractivity contribution in [1.29, 1.82) is 0 Å². The third kappa shape index (κ3) is 5.37. The highest BCUT2D eigenvalue weighted by Gasteiger charge is 2.25. The van der Waals surface area contributed by atoms with Crippen LogP contribution in [0.1, 0.15) is 12.0 Å². The predicted octanol–water partition coefficient (Wildman–Crippen LogP) is 3.95. The molecule has 2 heterocycles. The number of aromatic nitrogens is 1. The lowest BCUT2D eigenvalue weighted by atomic mass is 10.2. The number of nitrogens with zero attached hydrogens (tertiary/aromatic N) is 3. The van der Waals surface area contributed by atoms with E-state index in [1.807, 2.05) is 36.4 Å². The van der Waals surface area contributed by atoms with Crippen molar-refractivity contribution in [3.05, 3.63) is 58.2 Å². The fourth-order valence-electron chi connectivity index (χ4n) is 2.89. The second-order valence-electron chi connectivity index (χ2n) is 5.90. The molecule has 1 unspecified atom stereocenters. The molecular weight excluding hydrogens is 484 g/mol. The van der Waals surface area contributed by atoms with E-state index in [1.54, 1.807) is 13.2 Å². The Balaban J connectivity index is 0.00000243. The molecule has 0 saturated carbocycles. The van der Waals surface area contributed by atoms with Crippen LogP contribution in [0.25, 0.3) is 0 Å². The average molecular weight is 506 g/mol. The van der Waals surface area contributed by atoms with Gasteiger partial charge in [0.25, 0.3) is 0 Å². The molecule has 1 aliphatic heterocycles. The van der Waals surface area contributed by atoms with Crippen LogP contribution < -0.4 is 15.5 Å². The molecule has 0 aliphatic carbocycles. The van der Waals surface area contributed by atoms with Crippen molar-refractivity contribution in [3.8, 4) is 0 Å². The monoisotopic (exact) mass is 505 g/mol. The van der Waals surface area contributed by atoms with Crippen LogP contribution in [0.15, 0.2) is 47.6 Å². The van der Waals surface area contributed by atoms with Crippen LogP contribution in [0, 0.1) is 0 Å². The summed E-state index contributed by atoms with van der Waals surface area (Å²) >= 11 is 12.4. The summed E-state index contributed by atoms with van der Waals surface area (Å²) in [4.78, 5) is 10.9. The topological polar surface area (TPSA) is 52.6 Å². The van der Waals surface area contributed by atoms with E-state index in [9.17, 15) is 0 Å². The van der Waals surface area contributed by atoms with E-state index < -0.39 is 0 Å². The molecule has 8 heteroatoms. The van der Waals surface area contributed by atoms with Crippen molar-refractivity contribution in [2.45, 2.75) is 19.0 Å². The van der Waals surface area contributed by atoms with Crippen LogP contribution in [0.3, 0.4) is 0 Å². The number of hydrogen-bond donors (Lipinski definition) is 2. The fraction of sp³-hybridized carbons (Fsp3) is 0.333. The van der Waals surface area contributed by atoms with E-state index in [2.05, 4.69) is 25.5 Å². The number of benzene rings is 1. The molecule has 1 saturated heterocycles. The summed E-state index contributed by atoms with van der Waals surface area (Å²) in [6.07, 6.45) is 2.77. The lowest BCUT2D eigenvalue weighted by molar-refractivity contribution is 0.648. The van der Waals surface area contributed by atoms with Gasteiger partial charge in [0, 0.05) is 43.9 Å². The zero-order valence-electron chi connectivity index (χ0n) is 14.5. The summed E-state index contributed by atoms with van der Waals surface area (Å²) in [5, 5.41) is 8.21. The number of pyridine rings is 1. The lowest BCUT2D eigenvalue weighted by Crippen LogP contribution is -2.44. The third-order valence-corrected chi connectivity index (χ3v) is 4.86. The zero-order chi connectivity index (χ0) is 17.6. The first-order valence-electron chi connectivity index (χ1n) is 8.23. The quantitative estimate of drug-likeness (QED) is 0.375. The first-order chi connectivity index (χ1) is 12.2. The predicted molar refractivity (Wildman–Crippen MR) is 120 cm³/mol. The van der Waals surface area contributed by atoms with E-state index in [1.165, 1.54) is 0 Å². The van der Waals surface area contributed by atoms with Crippen LogP contribution >= 0.6 is 47.2 Å². The van der Waals surface area contributed by atoms with Crippen molar-refractivity contribution in [1.82, 2.24) is 15.6 Å². The number of aliphatic imine (C=N–C) groups is 1. The number of anilines is 1. The minimum Gasteiger partial charge on any atom is -0.353 e. The van der Waals surface area contributed by atoms with Gasteiger partial charge in [0.15, 0.2) is 5.96 Å². The van der Waals surface area contributed by atoms with Gasteiger partial charge in [-0.1, -0.05) is 41.4 Å². The summed E-state index contributed by atoms with van der Waals surface area (Å²) in [6, 6.07) is 11.8. The Morgan fingerprint density at radius 3 is 2.73 bits per heavy atom. The minimum absolute atomic E-state index is 0. The van der Waals surface area contributed by atoms with Crippen LogP contribution in [-0.2, 0) is 6.54 Å². The Bertz CT molecular complexity index is 756. The Morgan fingerprint density at radius 1 is 1.23 bits per heavy atom. The van der Waals surface area contributed by atoms with Crippen molar-refractivity contribution in [3.63, 3.8) is 0 Å². The lowest BCUT2D eigenvalue weighted by Gasteiger charge is -2.20. The Morgan fingerprint density at radius 2 is 2.00 bits per heavy atom. The molecule has 5 nitrogen and oxygen atoms in total. The number of guanidine groups is 1. The molecule has 3 rings (SSSR count). The summed E-state index contributed by atoms with van der Waals surface area (Å²) in [7, 11) is 1.77. The maximum atomic E-state index is 6.24. The van der Waals surface area contributed by atoms with Gasteiger partial charge in [0.2, 0.25) is 0 Å². The summed E-state index contributed by atoms with van der Waals surface area (Å²) < 4.78 is 0. The van der Waals surface area contributed by atoms with Crippen LogP contribution in [0.5, 0.6) is 0 Å². The van der Waals surface area contributed by atoms with Gasteiger partial charge in [-0.3, -0.25) is 4.99 Å². The smallest absolute Gasteiger partial charge is 0.191 e. The number of halogens is 3. The van der Waals surface area contributed by atoms with Crippen molar-refractivity contribution in [2.24, 2.45) is 4.99 Å². The van der Waals surface area contributed by atoms with E-state index in [-0.39, 0.29) is 30.0 Å². The molecule has 140 valence electrons. The Kier molecular flexibility index (Phi) is 8.24. The number of rotatable bonds is 4. The molecule has 1 fully saturated rings. The minimum atomic E-state index is 0. The summed E-state index contributed by atoms with van der Waals surface area (Å²) in [6.45, 7) is 2.38. The molecule has 0 radical (unpaired) electrons. The van der Waals surface area contributed by atoms with Crippen molar-refractivity contribution >= 4 is 59.0 Å². The number of hydrogen-bond acceptors (Lipinski definition) is 3. The molecular formula is C18H22Cl2IN5. The zero-order valence-corrected chi connectivity index (χ0v) is 18.3. The first-order valence-corrected chi connectivity index (χ1v) is 8.99. The van der Waals surface area contributed by atoms with E-state index in [0.717, 1.165) is 41.9 Å². The summed E-state index contributed by atoms with van der Waals surface area (Å²) in [5.41, 5.74) is 1.04. The van der Waals surface area contributed by atoms with E-state index >= 15 is 0 Å². The fourth-order valence-corrected chi connectivity index (χ4v) is 3.33. The van der Waals surface area contributed by atoms with Gasteiger partial charge in [-0.05, 0) is 30.2 Å². The number of nitrogens with one attached hydrogen (secondary N) is 2. The largest absolute Gasteiger partial charge is 0.353 e. The second-order valence-corrected chi connectivity index (χ2v) is 6.72. The molecule has 1 aliphatic rings. The molecule has 0 amide bonds. The molecule has 1 aromatic carbocycles.